The van der Waals surface area contributed by atoms with Crippen LogP contribution in [0.15, 0.2) is 36.4 Å². The second kappa shape index (κ2) is 8.88. The van der Waals surface area contributed by atoms with Crippen molar-refractivity contribution in [1.29, 1.82) is 0 Å². The Morgan fingerprint density at radius 1 is 0.871 bits per heavy atom. The molecule has 3 aromatic carbocycles. The molecule has 0 amide bonds. The smallest absolute Gasteiger partial charge is 0.458 e. The highest BCUT2D eigenvalue weighted by molar-refractivity contribution is 5.85. The van der Waals surface area contributed by atoms with E-state index in [0.717, 1.165) is 24.1 Å². The number of aryl methyl sites for hydroxylation is 1. The number of ether oxygens (including phenoxy) is 1. The zero-order valence-corrected chi connectivity index (χ0v) is 16.1. The maximum absolute atomic E-state index is 14.5. The second-order valence-electron chi connectivity index (χ2n) is 6.65. The van der Waals surface area contributed by atoms with Gasteiger partial charge in [-0.15, -0.1) is 0 Å². The molecule has 0 heterocycles. The summed E-state index contributed by atoms with van der Waals surface area (Å²) in [6.45, 7) is 1.94. The molecular formula is C23H15F7O. The highest BCUT2D eigenvalue weighted by Crippen LogP contribution is 2.27. The summed E-state index contributed by atoms with van der Waals surface area (Å²) < 4.78 is 98.7. The van der Waals surface area contributed by atoms with E-state index in [1.54, 1.807) is 6.92 Å². The molecule has 0 saturated carbocycles. The first-order chi connectivity index (χ1) is 14.6. The number of fused-ring (bicyclic) bond motifs is 1. The molecule has 0 unspecified atom stereocenters. The normalized spacial score (nSPS) is 11.4. The number of rotatable bonds is 5. The van der Waals surface area contributed by atoms with E-state index in [9.17, 15) is 30.7 Å². The molecule has 0 spiro atoms. The molecule has 31 heavy (non-hydrogen) atoms. The van der Waals surface area contributed by atoms with Crippen LogP contribution in [-0.2, 0) is 12.8 Å². The van der Waals surface area contributed by atoms with Gasteiger partial charge >= 0.3 is 6.18 Å². The second-order valence-corrected chi connectivity index (χ2v) is 6.65. The van der Waals surface area contributed by atoms with Crippen LogP contribution in [-0.4, -0.2) is 12.8 Å². The van der Waals surface area contributed by atoms with Gasteiger partial charge in [-0.1, -0.05) is 24.1 Å². The lowest BCUT2D eigenvalue weighted by Crippen LogP contribution is -2.03. The average Bonchev–Trinajstić information content (AvgIpc) is 2.66. The summed E-state index contributed by atoms with van der Waals surface area (Å²) in [6, 6.07) is 7.16. The van der Waals surface area contributed by atoms with Gasteiger partial charge in [-0.05, 0) is 36.8 Å². The van der Waals surface area contributed by atoms with Crippen LogP contribution in [0.25, 0.3) is 10.8 Å². The van der Waals surface area contributed by atoms with Gasteiger partial charge in [0.1, 0.15) is 29.0 Å². The Kier molecular flexibility index (Phi) is 6.44. The van der Waals surface area contributed by atoms with Crippen molar-refractivity contribution < 1.29 is 35.5 Å². The van der Waals surface area contributed by atoms with E-state index in [4.69, 9.17) is 4.74 Å². The maximum Gasteiger partial charge on any atom is 0.458 e. The van der Waals surface area contributed by atoms with Gasteiger partial charge in [0.15, 0.2) is 0 Å². The van der Waals surface area contributed by atoms with Crippen LogP contribution >= 0.6 is 0 Å². The van der Waals surface area contributed by atoms with E-state index in [2.05, 4.69) is 0 Å². The van der Waals surface area contributed by atoms with Gasteiger partial charge in [0, 0.05) is 29.0 Å². The third-order valence-corrected chi connectivity index (χ3v) is 4.51. The van der Waals surface area contributed by atoms with Crippen molar-refractivity contribution in [1.82, 2.24) is 0 Å². The monoisotopic (exact) mass is 440 g/mol. The fourth-order valence-electron chi connectivity index (χ4n) is 3.12. The topological polar surface area (TPSA) is 9.23 Å². The maximum atomic E-state index is 14.5. The van der Waals surface area contributed by atoms with Crippen LogP contribution in [0.4, 0.5) is 30.7 Å². The molecule has 8 heteroatoms. The molecule has 3 rings (SSSR count). The van der Waals surface area contributed by atoms with Gasteiger partial charge < -0.3 is 4.74 Å². The Morgan fingerprint density at radius 2 is 1.55 bits per heavy atom. The van der Waals surface area contributed by atoms with Crippen molar-refractivity contribution in [2.75, 3.05) is 6.61 Å². The standard InChI is InChI=1S/C23H15F7O/c1-2-31-15-11-20(25)17(21(26)12-15)6-4-13-3-5-16-14(9-13)10-19(24)18(22(16)27)7-8-23(28,29)30/h3,5,9-12H,2,4,6H2,1H3. The fraction of sp³-hybridized carbons (Fsp3) is 0.217. The van der Waals surface area contributed by atoms with E-state index in [1.807, 2.05) is 0 Å². The van der Waals surface area contributed by atoms with Gasteiger partial charge in [0.05, 0.1) is 12.2 Å². The Balaban J connectivity index is 1.88. The van der Waals surface area contributed by atoms with Gasteiger partial charge in [-0.2, -0.15) is 13.2 Å². The van der Waals surface area contributed by atoms with Gasteiger partial charge in [0.25, 0.3) is 0 Å². The lowest BCUT2D eigenvalue weighted by Gasteiger charge is -2.10. The SMILES string of the molecule is CCOc1cc(F)c(CCc2ccc3c(F)c(C#CC(F)(F)F)c(F)cc3c2)c(F)c1. The molecule has 0 aliphatic heterocycles. The van der Waals surface area contributed by atoms with Crippen molar-refractivity contribution in [3.8, 4) is 17.6 Å². The van der Waals surface area contributed by atoms with Crippen LogP contribution in [0.3, 0.4) is 0 Å². The first-order valence-electron chi connectivity index (χ1n) is 9.20. The molecular weight excluding hydrogens is 425 g/mol. The largest absolute Gasteiger partial charge is 0.494 e. The van der Waals surface area contributed by atoms with Crippen LogP contribution in [0.2, 0.25) is 0 Å². The number of halogens is 7. The van der Waals surface area contributed by atoms with Crippen molar-refractivity contribution in [3.63, 3.8) is 0 Å². The minimum Gasteiger partial charge on any atom is -0.494 e. The van der Waals surface area contributed by atoms with Crippen LogP contribution in [0.1, 0.15) is 23.6 Å². The van der Waals surface area contributed by atoms with E-state index in [-0.39, 0.29) is 41.5 Å². The molecule has 1 nitrogen and oxygen atoms in total. The molecule has 0 fully saturated rings. The Morgan fingerprint density at radius 3 is 2.16 bits per heavy atom. The highest BCUT2D eigenvalue weighted by atomic mass is 19.4. The van der Waals surface area contributed by atoms with Crippen molar-refractivity contribution in [2.24, 2.45) is 0 Å². The quantitative estimate of drug-likeness (QED) is 0.325. The summed E-state index contributed by atoms with van der Waals surface area (Å²) in [5.74, 6) is -1.58. The summed E-state index contributed by atoms with van der Waals surface area (Å²) in [5.41, 5.74) is -0.595. The van der Waals surface area contributed by atoms with Crippen LogP contribution < -0.4 is 4.74 Å². The molecule has 0 aromatic heterocycles. The van der Waals surface area contributed by atoms with E-state index < -0.39 is 35.0 Å². The molecule has 0 aliphatic rings. The Bertz CT molecular complexity index is 1160. The number of alkyl halides is 3. The zero-order valence-electron chi connectivity index (χ0n) is 16.1. The highest BCUT2D eigenvalue weighted by Gasteiger charge is 2.24. The molecule has 162 valence electrons. The first kappa shape index (κ1) is 22.5. The molecule has 0 atom stereocenters. The minimum atomic E-state index is -4.89. The summed E-state index contributed by atoms with van der Waals surface area (Å²) in [6.07, 6.45) is -4.74. The molecule has 0 radical (unpaired) electrons. The summed E-state index contributed by atoms with van der Waals surface area (Å²) in [4.78, 5) is 0. The average molecular weight is 440 g/mol. The number of hydrogen-bond donors (Lipinski definition) is 0. The molecule has 0 saturated heterocycles. The predicted octanol–water partition coefficient (Wildman–Crippen LogP) is 6.49. The molecule has 0 bridgehead atoms. The third-order valence-electron chi connectivity index (χ3n) is 4.51. The summed E-state index contributed by atoms with van der Waals surface area (Å²) >= 11 is 0. The van der Waals surface area contributed by atoms with E-state index in [0.29, 0.717) is 5.56 Å². The zero-order chi connectivity index (χ0) is 22.8. The number of benzene rings is 3. The number of hydrogen-bond acceptors (Lipinski definition) is 1. The minimum absolute atomic E-state index is 0.0182. The summed E-state index contributed by atoms with van der Waals surface area (Å²) in [7, 11) is 0. The van der Waals surface area contributed by atoms with E-state index in [1.165, 1.54) is 24.1 Å². The fourth-order valence-corrected chi connectivity index (χ4v) is 3.12. The molecule has 3 aromatic rings. The Hall–Kier alpha value is -3.21. The van der Waals surface area contributed by atoms with Gasteiger partial charge in [0.2, 0.25) is 0 Å². The van der Waals surface area contributed by atoms with Crippen LogP contribution in [0.5, 0.6) is 5.75 Å². The lowest BCUT2D eigenvalue weighted by molar-refractivity contribution is -0.0696. The van der Waals surface area contributed by atoms with Crippen LogP contribution in [0, 0.1) is 35.1 Å². The van der Waals surface area contributed by atoms with Crippen molar-refractivity contribution in [2.45, 2.75) is 25.9 Å². The van der Waals surface area contributed by atoms with Crippen molar-refractivity contribution in [3.05, 3.63) is 76.4 Å². The van der Waals surface area contributed by atoms with Crippen molar-refractivity contribution >= 4 is 10.8 Å². The first-order valence-corrected chi connectivity index (χ1v) is 9.20. The lowest BCUT2D eigenvalue weighted by atomic mass is 9.98. The predicted molar refractivity (Wildman–Crippen MR) is 102 cm³/mol. The summed E-state index contributed by atoms with van der Waals surface area (Å²) in [5, 5.41) is -0.0206. The van der Waals surface area contributed by atoms with E-state index >= 15 is 0 Å². The molecule has 0 aliphatic carbocycles. The van der Waals surface area contributed by atoms with Gasteiger partial charge in [-0.25, -0.2) is 17.6 Å². The molecule has 0 N–H and O–H groups in total. The third kappa shape index (κ3) is 5.29. The Labute approximate surface area is 173 Å². The van der Waals surface area contributed by atoms with Gasteiger partial charge in [-0.3, -0.25) is 0 Å².